The van der Waals surface area contributed by atoms with Gasteiger partial charge in [-0.1, -0.05) is 60.1 Å². The minimum Gasteiger partial charge on any atom is -0.870 e. The Hall–Kier alpha value is -2.70. The molecule has 0 fully saturated rings. The van der Waals surface area contributed by atoms with E-state index in [1.54, 1.807) is 43.3 Å². The zero-order chi connectivity index (χ0) is 27.6. The van der Waals surface area contributed by atoms with Crippen LogP contribution in [0, 0.1) is 0 Å². The normalized spacial score (nSPS) is 11.4. The molecule has 0 bridgehead atoms. The Kier molecular flexibility index (Phi) is 10.0. The van der Waals surface area contributed by atoms with Crippen LogP contribution in [-0.2, 0) is 16.5 Å². The quantitative estimate of drug-likeness (QED) is 0.189. The van der Waals surface area contributed by atoms with Gasteiger partial charge in [0.2, 0.25) is 0 Å². The van der Waals surface area contributed by atoms with E-state index < -0.39 is 26.7 Å². The van der Waals surface area contributed by atoms with Crippen molar-refractivity contribution in [2.75, 3.05) is 12.4 Å². The third-order valence-corrected chi connectivity index (χ3v) is 7.48. The SMILES string of the molecule is CCc1c(N=Nc2c([O-])c(C(=O)Nc3cc(OC)ccc3Cl)cc3ccccc23)ccc(S(=O)(=O)O)c1Cl.[Na+]. The Bertz CT molecular complexity index is 1710. The van der Waals surface area contributed by atoms with E-state index in [2.05, 4.69) is 15.5 Å². The second-order valence-corrected chi connectivity index (χ2v) is 10.2. The number of amides is 1. The standard InChI is InChI=1S/C26H21Cl2N3O6S.Na/c1-3-16-20(10-11-22(23(16)28)38(34,35)36)30-31-24-17-7-5-4-6-14(17)12-18(25(24)32)26(33)29-21-13-15(37-2)8-9-19(21)27;/h4-13,32H,3H2,1-2H3,(H,29,33)(H,34,35,36);/q;+1/p-1. The third-order valence-electron chi connectivity index (χ3n) is 5.71. The van der Waals surface area contributed by atoms with Crippen molar-refractivity contribution in [1.82, 2.24) is 0 Å². The Morgan fingerprint density at radius 3 is 2.46 bits per heavy atom. The van der Waals surface area contributed by atoms with Crippen LogP contribution in [0.15, 0.2) is 75.8 Å². The van der Waals surface area contributed by atoms with E-state index in [9.17, 15) is 22.9 Å². The molecule has 0 aromatic heterocycles. The van der Waals surface area contributed by atoms with E-state index in [0.29, 0.717) is 22.1 Å². The first-order chi connectivity index (χ1) is 18.0. The van der Waals surface area contributed by atoms with Gasteiger partial charge in [-0.3, -0.25) is 9.35 Å². The molecule has 39 heavy (non-hydrogen) atoms. The molecular weight excluding hydrogens is 576 g/mol. The number of rotatable bonds is 7. The summed E-state index contributed by atoms with van der Waals surface area (Å²) in [6, 6.07) is 15.4. The van der Waals surface area contributed by atoms with Gasteiger partial charge in [-0.2, -0.15) is 18.6 Å². The van der Waals surface area contributed by atoms with Crippen molar-refractivity contribution in [3.05, 3.63) is 81.8 Å². The van der Waals surface area contributed by atoms with Crippen LogP contribution in [0.5, 0.6) is 11.5 Å². The summed E-state index contributed by atoms with van der Waals surface area (Å²) in [7, 11) is -3.08. The van der Waals surface area contributed by atoms with Crippen molar-refractivity contribution in [2.24, 2.45) is 10.2 Å². The van der Waals surface area contributed by atoms with Gasteiger partial charge in [-0.25, -0.2) is 0 Å². The molecule has 13 heteroatoms. The molecule has 0 heterocycles. The minimum absolute atomic E-state index is 0. The molecule has 0 radical (unpaired) electrons. The zero-order valence-electron chi connectivity index (χ0n) is 21.0. The molecule has 2 N–H and O–H groups in total. The van der Waals surface area contributed by atoms with Crippen molar-refractivity contribution in [3.8, 4) is 11.5 Å². The number of anilines is 1. The van der Waals surface area contributed by atoms with Crippen LogP contribution in [0.2, 0.25) is 10.0 Å². The van der Waals surface area contributed by atoms with E-state index in [0.717, 1.165) is 6.07 Å². The molecule has 196 valence electrons. The molecule has 4 rings (SSSR count). The van der Waals surface area contributed by atoms with Gasteiger partial charge in [0.05, 0.1) is 34.2 Å². The summed E-state index contributed by atoms with van der Waals surface area (Å²) in [5, 5.41) is 25.5. The summed E-state index contributed by atoms with van der Waals surface area (Å²) >= 11 is 12.4. The fourth-order valence-electron chi connectivity index (χ4n) is 3.82. The van der Waals surface area contributed by atoms with Crippen molar-refractivity contribution in [2.45, 2.75) is 18.2 Å². The largest absolute Gasteiger partial charge is 1.00 e. The van der Waals surface area contributed by atoms with Crippen LogP contribution in [0.1, 0.15) is 22.8 Å². The number of carbonyl (C=O) groups excluding carboxylic acids is 1. The molecule has 4 aromatic rings. The Balaban J connectivity index is 0.00000420. The van der Waals surface area contributed by atoms with Crippen LogP contribution in [-0.4, -0.2) is 26.0 Å². The van der Waals surface area contributed by atoms with Gasteiger partial charge in [0.25, 0.3) is 16.0 Å². The summed E-state index contributed by atoms with van der Waals surface area (Å²) in [4.78, 5) is 12.7. The molecule has 0 unspecified atom stereocenters. The van der Waals surface area contributed by atoms with E-state index in [1.807, 2.05) is 0 Å². The number of hydrogen-bond acceptors (Lipinski definition) is 7. The zero-order valence-corrected chi connectivity index (χ0v) is 25.4. The molecule has 0 aliphatic heterocycles. The number of ether oxygens (including phenoxy) is 1. The molecule has 0 saturated carbocycles. The first kappa shape index (κ1) is 30.8. The summed E-state index contributed by atoms with van der Waals surface area (Å²) in [6.45, 7) is 1.72. The fraction of sp³-hybridized carbons (Fsp3) is 0.115. The Morgan fingerprint density at radius 2 is 1.79 bits per heavy atom. The summed E-state index contributed by atoms with van der Waals surface area (Å²) in [5.41, 5.74) is 0.484. The number of hydrogen-bond donors (Lipinski definition) is 2. The molecule has 0 aliphatic carbocycles. The van der Waals surface area contributed by atoms with Gasteiger partial charge in [0.1, 0.15) is 10.6 Å². The Labute approximate surface area is 256 Å². The third kappa shape index (κ3) is 6.55. The van der Waals surface area contributed by atoms with Crippen molar-refractivity contribution >= 4 is 67.1 Å². The van der Waals surface area contributed by atoms with Crippen LogP contribution in [0.4, 0.5) is 17.1 Å². The molecule has 4 aromatic carbocycles. The van der Waals surface area contributed by atoms with Crippen molar-refractivity contribution in [1.29, 1.82) is 0 Å². The van der Waals surface area contributed by atoms with Gasteiger partial charge >= 0.3 is 29.6 Å². The number of benzene rings is 4. The van der Waals surface area contributed by atoms with E-state index in [4.69, 9.17) is 27.9 Å². The van der Waals surface area contributed by atoms with Gasteiger partial charge in [0.15, 0.2) is 0 Å². The number of nitrogens with zero attached hydrogens (tertiary/aromatic N) is 2. The number of nitrogens with one attached hydrogen (secondary N) is 1. The predicted octanol–water partition coefficient (Wildman–Crippen LogP) is 3.71. The first-order valence-electron chi connectivity index (χ1n) is 11.1. The predicted molar refractivity (Wildman–Crippen MR) is 144 cm³/mol. The molecular formula is C26H20Cl2N3NaO6S. The molecule has 0 saturated heterocycles. The van der Waals surface area contributed by atoms with Crippen LogP contribution >= 0.6 is 23.2 Å². The van der Waals surface area contributed by atoms with E-state index in [-0.39, 0.29) is 68.6 Å². The average Bonchev–Trinajstić information content (AvgIpc) is 2.88. The van der Waals surface area contributed by atoms with Gasteiger partial charge in [-0.15, -0.1) is 0 Å². The second-order valence-electron chi connectivity index (χ2n) is 8.03. The topological polar surface area (TPSA) is 140 Å². The number of methoxy groups -OCH3 is 1. The van der Waals surface area contributed by atoms with Crippen molar-refractivity contribution < 1.29 is 57.2 Å². The van der Waals surface area contributed by atoms with Crippen molar-refractivity contribution in [3.63, 3.8) is 0 Å². The maximum absolute atomic E-state index is 13.4. The molecule has 0 atom stereocenters. The number of halogens is 2. The maximum atomic E-state index is 13.4. The van der Waals surface area contributed by atoms with Gasteiger partial charge in [0, 0.05) is 17.0 Å². The second kappa shape index (κ2) is 12.6. The first-order valence-corrected chi connectivity index (χ1v) is 13.3. The molecule has 0 aliphatic rings. The van der Waals surface area contributed by atoms with E-state index in [1.165, 1.54) is 25.3 Å². The molecule has 1 amide bonds. The fourth-order valence-corrected chi connectivity index (χ4v) is 5.16. The van der Waals surface area contributed by atoms with E-state index >= 15 is 0 Å². The summed E-state index contributed by atoms with van der Waals surface area (Å²) < 4.78 is 37.8. The minimum atomic E-state index is -4.55. The Morgan fingerprint density at radius 1 is 1.08 bits per heavy atom. The number of carbonyl (C=O) groups is 1. The smallest absolute Gasteiger partial charge is 0.870 e. The van der Waals surface area contributed by atoms with Crippen LogP contribution in [0.25, 0.3) is 10.8 Å². The van der Waals surface area contributed by atoms with Crippen LogP contribution in [0.3, 0.4) is 0 Å². The average molecular weight is 596 g/mol. The summed E-state index contributed by atoms with van der Waals surface area (Å²) in [5.74, 6) is -0.921. The number of fused-ring (bicyclic) bond motifs is 1. The molecule has 0 spiro atoms. The number of azo groups is 1. The maximum Gasteiger partial charge on any atom is 1.00 e. The van der Waals surface area contributed by atoms with Gasteiger partial charge in [-0.05, 0) is 47.7 Å². The monoisotopic (exact) mass is 595 g/mol. The molecule has 9 nitrogen and oxygen atoms in total. The van der Waals surface area contributed by atoms with Crippen LogP contribution < -0.4 is 44.7 Å². The summed E-state index contributed by atoms with van der Waals surface area (Å²) in [6.07, 6.45) is 0.269. The van der Waals surface area contributed by atoms with Gasteiger partial charge < -0.3 is 15.2 Å².